The number of benzene rings is 1. The molecule has 0 atom stereocenters. The summed E-state index contributed by atoms with van der Waals surface area (Å²) >= 11 is 0. The number of ether oxygens (including phenoxy) is 2. The van der Waals surface area contributed by atoms with Gasteiger partial charge in [0, 0.05) is 42.7 Å². The van der Waals surface area contributed by atoms with Gasteiger partial charge in [0.15, 0.2) is 0 Å². The molecule has 0 bridgehead atoms. The number of nitrogens with zero attached hydrogens (tertiary/aromatic N) is 5. The predicted molar refractivity (Wildman–Crippen MR) is 148 cm³/mol. The molecular formula is C28H31N7O3. The number of carbonyl (C=O) groups is 1. The number of carbonyl (C=O) groups excluding carboxylic acids is 1. The van der Waals surface area contributed by atoms with Gasteiger partial charge in [-0.15, -0.1) is 0 Å². The van der Waals surface area contributed by atoms with E-state index in [4.69, 9.17) is 9.47 Å². The fourth-order valence-corrected chi connectivity index (χ4v) is 4.53. The molecule has 10 heteroatoms. The van der Waals surface area contributed by atoms with Crippen LogP contribution in [0.15, 0.2) is 67.1 Å². The van der Waals surface area contributed by atoms with Crippen molar-refractivity contribution in [2.24, 2.45) is 0 Å². The molecule has 1 saturated heterocycles. The number of nitrogens with one attached hydrogen (secondary N) is 2. The summed E-state index contributed by atoms with van der Waals surface area (Å²) in [5.41, 5.74) is 1.88. The second kappa shape index (κ2) is 11.7. The molecule has 1 amide bonds. The zero-order chi connectivity index (χ0) is 26.3. The number of rotatable bonds is 9. The van der Waals surface area contributed by atoms with Crippen LogP contribution in [-0.4, -0.2) is 64.2 Å². The van der Waals surface area contributed by atoms with E-state index in [1.165, 1.54) is 19.3 Å². The first kappa shape index (κ1) is 25.2. The Morgan fingerprint density at radius 1 is 1.00 bits per heavy atom. The lowest BCUT2D eigenvalue weighted by Crippen LogP contribution is -2.29. The van der Waals surface area contributed by atoms with Crippen molar-refractivity contribution < 1.29 is 14.3 Å². The van der Waals surface area contributed by atoms with Crippen LogP contribution in [0.5, 0.6) is 11.5 Å². The van der Waals surface area contributed by atoms with Crippen LogP contribution in [-0.2, 0) is 4.79 Å². The maximum absolute atomic E-state index is 12.7. The summed E-state index contributed by atoms with van der Waals surface area (Å²) in [6, 6.07) is 11.2. The van der Waals surface area contributed by atoms with Gasteiger partial charge in [-0.1, -0.05) is 12.5 Å². The lowest BCUT2D eigenvalue weighted by Gasteiger charge is -2.24. The average Bonchev–Trinajstić information content (AvgIpc) is 3.38. The molecule has 38 heavy (non-hydrogen) atoms. The Balaban J connectivity index is 1.35. The number of hydrogen-bond acceptors (Lipinski definition) is 8. The standard InChI is InChI=1S/C28H31N7O3/c1-37-23-19-24(38-2)22(18-21(23)31-26(36)9-7-16-34-14-4-3-5-15-34)32-28-30-13-10-25(33-28)35-17-11-20-8-6-12-29-27(20)35/h6-13,17-19H,3-5,14-16H2,1-2H3,(H,31,36)(H,30,32,33)/b9-7+. The van der Waals surface area contributed by atoms with E-state index in [0.717, 1.165) is 30.7 Å². The molecule has 0 unspecified atom stereocenters. The highest BCUT2D eigenvalue weighted by Gasteiger charge is 2.15. The number of anilines is 3. The molecule has 196 valence electrons. The van der Waals surface area contributed by atoms with Crippen LogP contribution in [0, 0.1) is 0 Å². The molecule has 3 aromatic heterocycles. The summed E-state index contributed by atoms with van der Waals surface area (Å²) in [7, 11) is 3.11. The van der Waals surface area contributed by atoms with Crippen molar-refractivity contribution in [3.63, 3.8) is 0 Å². The third-order valence-electron chi connectivity index (χ3n) is 6.44. The van der Waals surface area contributed by atoms with Crippen LogP contribution in [0.1, 0.15) is 19.3 Å². The van der Waals surface area contributed by atoms with Crippen molar-refractivity contribution in [2.45, 2.75) is 19.3 Å². The highest BCUT2D eigenvalue weighted by Crippen LogP contribution is 2.37. The summed E-state index contributed by atoms with van der Waals surface area (Å²) in [6.45, 7) is 2.92. The van der Waals surface area contributed by atoms with E-state index in [9.17, 15) is 4.79 Å². The normalized spacial score (nSPS) is 14.1. The second-order valence-electron chi connectivity index (χ2n) is 8.97. The molecule has 1 fully saturated rings. The highest BCUT2D eigenvalue weighted by molar-refractivity contribution is 6.01. The third kappa shape index (κ3) is 5.76. The van der Waals surface area contributed by atoms with Crippen molar-refractivity contribution in [1.82, 2.24) is 24.4 Å². The number of aromatic nitrogens is 4. The molecule has 10 nitrogen and oxygen atoms in total. The van der Waals surface area contributed by atoms with Crippen molar-refractivity contribution in [3.8, 4) is 17.3 Å². The molecule has 4 heterocycles. The first-order valence-electron chi connectivity index (χ1n) is 12.6. The Hall–Kier alpha value is -4.44. The topological polar surface area (TPSA) is 106 Å². The summed E-state index contributed by atoms with van der Waals surface area (Å²) in [5, 5.41) is 7.14. The van der Waals surface area contributed by atoms with E-state index < -0.39 is 0 Å². The van der Waals surface area contributed by atoms with Crippen molar-refractivity contribution in [3.05, 3.63) is 67.1 Å². The molecule has 5 rings (SSSR count). The van der Waals surface area contributed by atoms with Crippen LogP contribution < -0.4 is 20.1 Å². The second-order valence-corrected chi connectivity index (χ2v) is 8.97. The largest absolute Gasteiger partial charge is 0.494 e. The monoisotopic (exact) mass is 513 g/mol. The van der Waals surface area contributed by atoms with E-state index in [0.29, 0.717) is 34.6 Å². The zero-order valence-corrected chi connectivity index (χ0v) is 21.6. The average molecular weight is 514 g/mol. The van der Waals surface area contributed by atoms with Crippen LogP contribution in [0.25, 0.3) is 16.9 Å². The van der Waals surface area contributed by atoms with Gasteiger partial charge >= 0.3 is 0 Å². The van der Waals surface area contributed by atoms with Gasteiger partial charge in [-0.25, -0.2) is 9.97 Å². The van der Waals surface area contributed by atoms with Gasteiger partial charge in [-0.05, 0) is 56.3 Å². The number of methoxy groups -OCH3 is 2. The summed E-state index contributed by atoms with van der Waals surface area (Å²) in [5.74, 6) is 1.78. The molecule has 2 N–H and O–H groups in total. The molecule has 0 saturated carbocycles. The summed E-state index contributed by atoms with van der Waals surface area (Å²) in [6.07, 6.45) is 12.5. The lowest BCUT2D eigenvalue weighted by atomic mass is 10.1. The molecule has 0 radical (unpaired) electrons. The maximum Gasteiger partial charge on any atom is 0.248 e. The number of fused-ring (bicyclic) bond motifs is 1. The van der Waals surface area contributed by atoms with Crippen LogP contribution in [0.3, 0.4) is 0 Å². The van der Waals surface area contributed by atoms with E-state index in [2.05, 4.69) is 30.5 Å². The Morgan fingerprint density at radius 2 is 1.82 bits per heavy atom. The molecule has 1 aliphatic heterocycles. The zero-order valence-electron chi connectivity index (χ0n) is 21.6. The van der Waals surface area contributed by atoms with Gasteiger partial charge in [-0.3, -0.25) is 14.3 Å². The molecular weight excluding hydrogens is 482 g/mol. The first-order chi connectivity index (χ1) is 18.6. The van der Waals surface area contributed by atoms with Gasteiger partial charge in [0.1, 0.15) is 23.0 Å². The van der Waals surface area contributed by atoms with E-state index >= 15 is 0 Å². The Kier molecular flexibility index (Phi) is 7.79. The minimum Gasteiger partial charge on any atom is -0.494 e. The quantitative estimate of drug-likeness (QED) is 0.314. The molecule has 1 aliphatic rings. The molecule has 1 aromatic carbocycles. The fourth-order valence-electron chi connectivity index (χ4n) is 4.53. The highest BCUT2D eigenvalue weighted by atomic mass is 16.5. The minimum absolute atomic E-state index is 0.235. The minimum atomic E-state index is -0.235. The van der Waals surface area contributed by atoms with E-state index in [-0.39, 0.29) is 5.91 Å². The fraction of sp³-hybridized carbons (Fsp3) is 0.286. The van der Waals surface area contributed by atoms with E-state index in [1.807, 2.05) is 41.1 Å². The molecule has 4 aromatic rings. The predicted octanol–water partition coefficient (Wildman–Crippen LogP) is 4.56. The summed E-state index contributed by atoms with van der Waals surface area (Å²) < 4.78 is 13.0. The smallest absolute Gasteiger partial charge is 0.248 e. The third-order valence-corrected chi connectivity index (χ3v) is 6.44. The molecule has 0 aliphatic carbocycles. The Bertz CT molecular complexity index is 1440. The van der Waals surface area contributed by atoms with Crippen molar-refractivity contribution in [2.75, 3.05) is 44.5 Å². The van der Waals surface area contributed by atoms with Gasteiger partial charge in [-0.2, -0.15) is 4.98 Å². The first-order valence-corrected chi connectivity index (χ1v) is 12.6. The number of amides is 1. The van der Waals surface area contributed by atoms with Crippen molar-refractivity contribution in [1.29, 1.82) is 0 Å². The number of hydrogen-bond donors (Lipinski definition) is 2. The van der Waals surface area contributed by atoms with Crippen molar-refractivity contribution >= 4 is 34.3 Å². The van der Waals surface area contributed by atoms with Gasteiger partial charge in [0.25, 0.3) is 0 Å². The van der Waals surface area contributed by atoms with Crippen LogP contribution in [0.2, 0.25) is 0 Å². The van der Waals surface area contributed by atoms with Gasteiger partial charge in [0.05, 0.1) is 25.6 Å². The number of likely N-dealkylation sites (tertiary alicyclic amines) is 1. The Labute approximate surface area is 221 Å². The van der Waals surface area contributed by atoms with E-state index in [1.54, 1.807) is 44.8 Å². The van der Waals surface area contributed by atoms with Crippen LogP contribution >= 0.6 is 0 Å². The Morgan fingerprint density at radius 3 is 2.63 bits per heavy atom. The van der Waals surface area contributed by atoms with Gasteiger partial charge < -0.3 is 20.1 Å². The number of piperidine rings is 1. The lowest BCUT2D eigenvalue weighted by molar-refractivity contribution is -0.111. The maximum atomic E-state index is 12.7. The summed E-state index contributed by atoms with van der Waals surface area (Å²) in [4.78, 5) is 28.5. The van der Waals surface area contributed by atoms with Crippen LogP contribution in [0.4, 0.5) is 17.3 Å². The SMILES string of the molecule is COc1cc(OC)c(Nc2nccc(-n3ccc4cccnc43)n2)cc1NC(=O)/C=C/CN1CCCCC1. The van der Waals surface area contributed by atoms with Gasteiger partial charge in [0.2, 0.25) is 11.9 Å². The molecule has 0 spiro atoms. The number of pyridine rings is 1.